The van der Waals surface area contributed by atoms with E-state index in [1.165, 1.54) is 5.56 Å². The summed E-state index contributed by atoms with van der Waals surface area (Å²) in [5.41, 5.74) is 3.13. The Morgan fingerprint density at radius 2 is 1.93 bits per heavy atom. The molecule has 0 N–H and O–H groups in total. The van der Waals surface area contributed by atoms with Gasteiger partial charge < -0.3 is 4.57 Å². The summed E-state index contributed by atoms with van der Waals surface area (Å²) < 4.78 is 3.10. The van der Waals surface area contributed by atoms with Crippen molar-refractivity contribution in [2.75, 3.05) is 6.54 Å². The minimum absolute atomic E-state index is 0.0106. The maximum Gasteiger partial charge on any atom is 0.294 e. The SMILES string of the molecule is C#CCN1C(=O)S/C(=C\c2cn(Cc3ccccc3)c3ccc(Br)cc23)C1=O. The Labute approximate surface area is 175 Å². The first-order valence-corrected chi connectivity index (χ1v) is 10.2. The predicted octanol–water partition coefficient (Wildman–Crippen LogP) is 5.12. The van der Waals surface area contributed by atoms with Crippen molar-refractivity contribution in [3.8, 4) is 12.3 Å². The van der Waals surface area contributed by atoms with Gasteiger partial charge in [0.25, 0.3) is 11.1 Å². The molecule has 0 atom stereocenters. The molecule has 1 saturated heterocycles. The molecular weight excluding hydrogens is 436 g/mol. The van der Waals surface area contributed by atoms with Crippen LogP contribution in [0.15, 0.2) is 64.1 Å². The largest absolute Gasteiger partial charge is 0.342 e. The zero-order chi connectivity index (χ0) is 19.7. The minimum atomic E-state index is -0.341. The number of rotatable bonds is 4. The van der Waals surface area contributed by atoms with E-state index >= 15 is 0 Å². The van der Waals surface area contributed by atoms with Crippen LogP contribution in [0.4, 0.5) is 4.79 Å². The fourth-order valence-electron chi connectivity index (χ4n) is 3.19. The molecular formula is C22H15BrN2O2S. The lowest BCUT2D eigenvalue weighted by Crippen LogP contribution is -2.28. The predicted molar refractivity (Wildman–Crippen MR) is 117 cm³/mol. The Morgan fingerprint density at radius 3 is 2.68 bits per heavy atom. The molecule has 1 aliphatic heterocycles. The quantitative estimate of drug-likeness (QED) is 0.409. The lowest BCUT2D eigenvalue weighted by molar-refractivity contribution is -0.122. The van der Waals surface area contributed by atoms with Crippen LogP contribution in [0.5, 0.6) is 0 Å². The van der Waals surface area contributed by atoms with Crippen molar-refractivity contribution in [3.63, 3.8) is 0 Å². The van der Waals surface area contributed by atoms with Gasteiger partial charge in [0.05, 0.1) is 11.4 Å². The number of benzene rings is 2. The van der Waals surface area contributed by atoms with Gasteiger partial charge in [-0.25, -0.2) is 0 Å². The van der Waals surface area contributed by atoms with Gasteiger partial charge in [0, 0.05) is 33.7 Å². The molecule has 4 nitrogen and oxygen atoms in total. The summed E-state index contributed by atoms with van der Waals surface area (Å²) in [6.07, 6.45) is 9.05. The smallest absolute Gasteiger partial charge is 0.294 e. The molecule has 1 fully saturated rings. The Hall–Kier alpha value is -2.75. The van der Waals surface area contributed by atoms with Gasteiger partial charge in [-0.3, -0.25) is 14.5 Å². The molecule has 0 unspecified atom stereocenters. The van der Waals surface area contributed by atoms with E-state index in [1.807, 2.05) is 42.6 Å². The summed E-state index contributed by atoms with van der Waals surface area (Å²) in [5, 5.41) is 0.678. The molecule has 0 radical (unpaired) electrons. The number of carbonyl (C=O) groups excluding carboxylic acids is 2. The number of carbonyl (C=O) groups is 2. The molecule has 0 aliphatic carbocycles. The molecule has 2 amide bonds. The maximum atomic E-state index is 12.5. The number of amides is 2. The molecule has 1 aliphatic rings. The van der Waals surface area contributed by atoms with E-state index in [0.29, 0.717) is 11.4 Å². The average molecular weight is 451 g/mol. The molecule has 0 spiro atoms. The van der Waals surface area contributed by atoms with Crippen LogP contribution in [-0.4, -0.2) is 27.2 Å². The molecule has 2 aromatic carbocycles. The van der Waals surface area contributed by atoms with Gasteiger partial charge in [-0.15, -0.1) is 6.42 Å². The Bertz CT molecular complexity index is 1160. The maximum absolute atomic E-state index is 12.5. The minimum Gasteiger partial charge on any atom is -0.342 e. The lowest BCUT2D eigenvalue weighted by Gasteiger charge is -2.06. The highest BCUT2D eigenvalue weighted by Gasteiger charge is 2.34. The number of hydrogen-bond donors (Lipinski definition) is 0. The van der Waals surface area contributed by atoms with Gasteiger partial charge in [0.2, 0.25) is 0 Å². The van der Waals surface area contributed by atoms with E-state index in [0.717, 1.165) is 37.6 Å². The number of halogens is 1. The van der Waals surface area contributed by atoms with Gasteiger partial charge in [-0.2, -0.15) is 0 Å². The molecule has 28 heavy (non-hydrogen) atoms. The first-order valence-electron chi connectivity index (χ1n) is 8.58. The van der Waals surface area contributed by atoms with Crippen LogP contribution in [0.2, 0.25) is 0 Å². The molecule has 3 aromatic rings. The average Bonchev–Trinajstić information content (AvgIpc) is 3.15. The summed E-state index contributed by atoms with van der Waals surface area (Å²) in [7, 11) is 0. The van der Waals surface area contributed by atoms with Crippen LogP contribution in [-0.2, 0) is 11.3 Å². The van der Waals surface area contributed by atoms with Gasteiger partial charge >= 0.3 is 0 Å². The summed E-state index contributed by atoms with van der Waals surface area (Å²) in [5.74, 6) is 2.02. The zero-order valence-corrected chi connectivity index (χ0v) is 17.2. The molecule has 0 bridgehead atoms. The van der Waals surface area contributed by atoms with Gasteiger partial charge in [-0.1, -0.05) is 52.2 Å². The summed E-state index contributed by atoms with van der Waals surface area (Å²) in [4.78, 5) is 26.1. The number of fused-ring (bicyclic) bond motifs is 1. The normalized spacial score (nSPS) is 15.6. The topological polar surface area (TPSA) is 42.3 Å². The van der Waals surface area contributed by atoms with Crippen molar-refractivity contribution in [2.45, 2.75) is 6.54 Å². The third kappa shape index (κ3) is 3.51. The summed E-state index contributed by atoms with van der Waals surface area (Å²) in [6, 6.07) is 16.2. The van der Waals surface area contributed by atoms with Crippen molar-refractivity contribution in [3.05, 3.63) is 75.2 Å². The first kappa shape index (κ1) is 18.6. The number of aromatic nitrogens is 1. The second-order valence-electron chi connectivity index (χ2n) is 6.33. The van der Waals surface area contributed by atoms with Crippen molar-refractivity contribution in [2.24, 2.45) is 0 Å². The van der Waals surface area contributed by atoms with Crippen molar-refractivity contribution in [1.82, 2.24) is 9.47 Å². The monoisotopic (exact) mass is 450 g/mol. The number of thioether (sulfide) groups is 1. The summed E-state index contributed by atoms with van der Waals surface area (Å²) in [6.45, 7) is 0.703. The fraction of sp³-hybridized carbons (Fsp3) is 0.0909. The number of imide groups is 1. The third-order valence-corrected chi connectivity index (χ3v) is 5.88. The molecule has 4 rings (SSSR count). The van der Waals surface area contributed by atoms with E-state index in [-0.39, 0.29) is 17.7 Å². The molecule has 6 heteroatoms. The molecule has 2 heterocycles. The third-order valence-electron chi connectivity index (χ3n) is 4.48. The highest BCUT2D eigenvalue weighted by atomic mass is 79.9. The highest BCUT2D eigenvalue weighted by Crippen LogP contribution is 2.34. The second kappa shape index (κ2) is 7.70. The van der Waals surface area contributed by atoms with E-state index in [2.05, 4.69) is 38.6 Å². The van der Waals surface area contributed by atoms with Crippen LogP contribution in [0.1, 0.15) is 11.1 Å². The summed E-state index contributed by atoms with van der Waals surface area (Å²) >= 11 is 4.44. The lowest BCUT2D eigenvalue weighted by atomic mass is 10.1. The van der Waals surface area contributed by atoms with Crippen LogP contribution in [0.3, 0.4) is 0 Å². The Morgan fingerprint density at radius 1 is 1.14 bits per heavy atom. The van der Waals surface area contributed by atoms with Crippen molar-refractivity contribution < 1.29 is 9.59 Å². The van der Waals surface area contributed by atoms with Crippen LogP contribution >= 0.6 is 27.7 Å². The first-order chi connectivity index (χ1) is 13.6. The molecule has 0 saturated carbocycles. The Kier molecular flexibility index (Phi) is 5.12. The standard InChI is InChI=1S/C22H15BrN2O2S/c1-2-10-25-21(26)20(28-22(25)27)11-16-14-24(13-15-6-4-3-5-7-15)19-9-8-17(23)12-18(16)19/h1,3-9,11-12,14H,10,13H2/b20-11-. The van der Waals surface area contributed by atoms with Gasteiger partial charge in [0.1, 0.15) is 0 Å². The van der Waals surface area contributed by atoms with E-state index in [4.69, 9.17) is 6.42 Å². The van der Waals surface area contributed by atoms with Crippen molar-refractivity contribution >= 4 is 55.8 Å². The van der Waals surface area contributed by atoms with Gasteiger partial charge in [0.15, 0.2) is 0 Å². The van der Waals surface area contributed by atoms with E-state index in [1.54, 1.807) is 6.08 Å². The van der Waals surface area contributed by atoms with Gasteiger partial charge in [-0.05, 0) is 41.6 Å². The molecule has 138 valence electrons. The van der Waals surface area contributed by atoms with Crippen LogP contribution < -0.4 is 0 Å². The van der Waals surface area contributed by atoms with Crippen molar-refractivity contribution in [1.29, 1.82) is 0 Å². The molecule has 1 aromatic heterocycles. The van der Waals surface area contributed by atoms with E-state index in [9.17, 15) is 9.59 Å². The number of hydrogen-bond acceptors (Lipinski definition) is 3. The fourth-order valence-corrected chi connectivity index (χ4v) is 4.38. The van der Waals surface area contributed by atoms with E-state index < -0.39 is 0 Å². The second-order valence-corrected chi connectivity index (χ2v) is 8.24. The van der Waals surface area contributed by atoms with Crippen LogP contribution in [0.25, 0.3) is 17.0 Å². The Balaban J connectivity index is 1.77. The zero-order valence-electron chi connectivity index (χ0n) is 14.8. The number of nitrogens with zero attached hydrogens (tertiary/aromatic N) is 2. The number of terminal acetylenes is 1. The highest BCUT2D eigenvalue weighted by molar-refractivity contribution is 9.10. The van der Waals surface area contributed by atoms with Crippen LogP contribution in [0, 0.1) is 12.3 Å².